The summed E-state index contributed by atoms with van der Waals surface area (Å²) in [6.45, 7) is 0. The van der Waals surface area contributed by atoms with E-state index in [1.165, 1.54) is 43.5 Å². The molecule has 0 saturated heterocycles. The van der Waals surface area contributed by atoms with Crippen molar-refractivity contribution in [3.63, 3.8) is 0 Å². The molecule has 3 nitrogen and oxygen atoms in total. The largest absolute Gasteiger partial charge is 0.354 e. The van der Waals surface area contributed by atoms with E-state index in [0.29, 0.717) is 0 Å². The third-order valence-electron chi connectivity index (χ3n) is 5.90. The predicted octanol–water partition coefficient (Wildman–Crippen LogP) is 6.43. The first-order valence-electron chi connectivity index (χ1n) is 9.51. The van der Waals surface area contributed by atoms with Gasteiger partial charge in [-0.3, -0.25) is 4.40 Å². The summed E-state index contributed by atoms with van der Waals surface area (Å²) in [6, 6.07) is 30.0. The monoisotopic (exact) mass is 357 g/mol. The number of imidazole rings is 1. The molecule has 0 fully saturated rings. The maximum atomic E-state index is 5.00. The maximum Gasteiger partial charge on any atom is 0.146 e. The van der Waals surface area contributed by atoms with Crippen LogP contribution in [0.15, 0.2) is 84.9 Å². The van der Waals surface area contributed by atoms with Gasteiger partial charge in [0.15, 0.2) is 0 Å². The van der Waals surface area contributed by atoms with Crippen molar-refractivity contribution in [1.29, 1.82) is 0 Å². The highest BCUT2D eigenvalue weighted by Crippen LogP contribution is 2.38. The summed E-state index contributed by atoms with van der Waals surface area (Å²) in [6.07, 6.45) is 0. The van der Waals surface area contributed by atoms with Gasteiger partial charge in [-0.25, -0.2) is 4.98 Å². The van der Waals surface area contributed by atoms with Gasteiger partial charge in [0.25, 0.3) is 0 Å². The number of aromatic nitrogens is 3. The number of nitrogens with zero attached hydrogens (tertiary/aromatic N) is 2. The summed E-state index contributed by atoms with van der Waals surface area (Å²) < 4.78 is 2.29. The molecule has 130 valence electrons. The number of aromatic amines is 1. The average molecular weight is 357 g/mol. The zero-order valence-electron chi connectivity index (χ0n) is 15.0. The van der Waals surface area contributed by atoms with Crippen LogP contribution in [0.5, 0.6) is 0 Å². The van der Waals surface area contributed by atoms with Gasteiger partial charge in [-0.05, 0) is 30.3 Å². The van der Waals surface area contributed by atoms with E-state index in [0.717, 1.165) is 16.7 Å². The molecule has 0 amide bonds. The van der Waals surface area contributed by atoms with Crippen molar-refractivity contribution in [2.45, 2.75) is 0 Å². The van der Waals surface area contributed by atoms with Crippen molar-refractivity contribution in [2.75, 3.05) is 0 Å². The molecule has 0 aliphatic rings. The number of hydrogen-bond acceptors (Lipinski definition) is 1. The Morgan fingerprint density at radius 2 is 1.32 bits per heavy atom. The molecular weight excluding hydrogens is 342 g/mol. The summed E-state index contributed by atoms with van der Waals surface area (Å²) in [5.41, 5.74) is 6.72. The van der Waals surface area contributed by atoms with Crippen LogP contribution in [0.2, 0.25) is 0 Å². The normalized spacial score (nSPS) is 12.3. The van der Waals surface area contributed by atoms with Crippen LogP contribution in [-0.2, 0) is 0 Å². The van der Waals surface area contributed by atoms with Crippen LogP contribution >= 0.6 is 0 Å². The lowest BCUT2D eigenvalue weighted by Crippen LogP contribution is -1.91. The second kappa shape index (κ2) is 4.90. The molecule has 0 radical (unpaired) electrons. The van der Waals surface area contributed by atoms with Gasteiger partial charge in [0, 0.05) is 32.4 Å². The van der Waals surface area contributed by atoms with Gasteiger partial charge in [-0.1, -0.05) is 54.6 Å². The third kappa shape index (κ3) is 1.62. The molecule has 0 aliphatic carbocycles. The Balaban J connectivity index is 1.87. The van der Waals surface area contributed by atoms with Gasteiger partial charge < -0.3 is 4.98 Å². The van der Waals surface area contributed by atoms with Crippen LogP contribution in [0.25, 0.3) is 60.2 Å². The fraction of sp³-hybridized carbons (Fsp3) is 0. The molecule has 0 saturated carbocycles. The van der Waals surface area contributed by atoms with Crippen molar-refractivity contribution < 1.29 is 0 Å². The van der Waals surface area contributed by atoms with E-state index in [9.17, 15) is 0 Å². The Kier molecular flexibility index (Phi) is 2.49. The SMILES string of the molecule is c1ccc2c(c1)nc1c3ccc4c5ccccc5[nH]c4c3c3ccccc3n21. The van der Waals surface area contributed by atoms with Crippen LogP contribution in [-0.4, -0.2) is 14.4 Å². The minimum atomic E-state index is 1.01. The Hall–Kier alpha value is -3.85. The molecule has 7 aromatic rings. The van der Waals surface area contributed by atoms with Gasteiger partial charge >= 0.3 is 0 Å². The first-order chi connectivity index (χ1) is 13.9. The molecular formula is C25H15N3. The first-order valence-corrected chi connectivity index (χ1v) is 9.51. The van der Waals surface area contributed by atoms with E-state index in [1.807, 2.05) is 0 Å². The smallest absolute Gasteiger partial charge is 0.146 e. The van der Waals surface area contributed by atoms with Gasteiger partial charge in [0.2, 0.25) is 0 Å². The highest BCUT2D eigenvalue weighted by molar-refractivity contribution is 6.26. The van der Waals surface area contributed by atoms with Crippen LogP contribution in [0, 0.1) is 0 Å². The zero-order chi connectivity index (χ0) is 18.2. The van der Waals surface area contributed by atoms with Crippen molar-refractivity contribution in [3.8, 4) is 0 Å². The average Bonchev–Trinajstić information content (AvgIpc) is 3.32. The van der Waals surface area contributed by atoms with Crippen molar-refractivity contribution >= 4 is 60.2 Å². The Morgan fingerprint density at radius 3 is 2.25 bits per heavy atom. The number of pyridine rings is 1. The number of H-pyrrole nitrogens is 1. The summed E-state index contributed by atoms with van der Waals surface area (Å²) in [7, 11) is 0. The number of nitrogens with one attached hydrogen (secondary N) is 1. The summed E-state index contributed by atoms with van der Waals surface area (Å²) in [4.78, 5) is 8.68. The second-order valence-corrected chi connectivity index (χ2v) is 7.36. The molecule has 0 spiro atoms. The standard InChI is InChI=1S/C25H15N3/c1-3-9-19-15(7-1)16-13-14-18-23(24(16)26-19)17-8-2-5-11-21(17)28-22-12-6-4-10-20(22)27-25(18)28/h1-14,26H. The molecule has 3 heterocycles. The first kappa shape index (κ1) is 14.2. The van der Waals surface area contributed by atoms with Gasteiger partial charge in [-0.15, -0.1) is 0 Å². The molecule has 4 aromatic carbocycles. The lowest BCUT2D eigenvalue weighted by atomic mass is 10.0. The molecule has 3 aromatic heterocycles. The molecule has 28 heavy (non-hydrogen) atoms. The number of fused-ring (bicyclic) bond motifs is 12. The molecule has 0 atom stereocenters. The number of rotatable bonds is 0. The van der Waals surface area contributed by atoms with Crippen LogP contribution < -0.4 is 0 Å². The molecule has 0 unspecified atom stereocenters. The quantitative estimate of drug-likeness (QED) is 0.312. The number of hydrogen-bond donors (Lipinski definition) is 1. The zero-order valence-corrected chi connectivity index (χ0v) is 15.0. The Morgan fingerprint density at radius 1 is 0.607 bits per heavy atom. The van der Waals surface area contributed by atoms with Gasteiger partial charge in [0.1, 0.15) is 5.65 Å². The molecule has 1 N–H and O–H groups in total. The summed E-state index contributed by atoms with van der Waals surface area (Å²) in [5.74, 6) is 0. The lowest BCUT2D eigenvalue weighted by molar-refractivity contribution is 1.32. The van der Waals surface area contributed by atoms with Crippen LogP contribution in [0.3, 0.4) is 0 Å². The summed E-state index contributed by atoms with van der Waals surface area (Å²) >= 11 is 0. The van der Waals surface area contributed by atoms with E-state index in [1.54, 1.807) is 0 Å². The lowest BCUT2D eigenvalue weighted by Gasteiger charge is -2.10. The van der Waals surface area contributed by atoms with E-state index < -0.39 is 0 Å². The van der Waals surface area contributed by atoms with Crippen LogP contribution in [0.1, 0.15) is 0 Å². The molecule has 3 heteroatoms. The third-order valence-corrected chi connectivity index (χ3v) is 5.90. The van der Waals surface area contributed by atoms with Crippen molar-refractivity contribution in [3.05, 3.63) is 84.9 Å². The Labute approximate surface area is 159 Å². The molecule has 0 bridgehead atoms. The minimum absolute atomic E-state index is 1.01. The van der Waals surface area contributed by atoms with E-state index >= 15 is 0 Å². The molecule has 0 aliphatic heterocycles. The highest BCUT2D eigenvalue weighted by Gasteiger charge is 2.16. The molecule has 7 rings (SSSR count). The predicted molar refractivity (Wildman–Crippen MR) is 117 cm³/mol. The maximum absolute atomic E-state index is 5.00. The second-order valence-electron chi connectivity index (χ2n) is 7.36. The van der Waals surface area contributed by atoms with Crippen LogP contribution in [0.4, 0.5) is 0 Å². The van der Waals surface area contributed by atoms with E-state index in [2.05, 4.69) is 94.3 Å². The van der Waals surface area contributed by atoms with Crippen molar-refractivity contribution in [1.82, 2.24) is 14.4 Å². The van der Waals surface area contributed by atoms with E-state index in [4.69, 9.17) is 4.98 Å². The highest BCUT2D eigenvalue weighted by atomic mass is 15.0. The fourth-order valence-corrected chi connectivity index (χ4v) is 4.72. The summed E-state index contributed by atoms with van der Waals surface area (Å²) in [5, 5.41) is 6.18. The number of benzene rings is 4. The fourth-order valence-electron chi connectivity index (χ4n) is 4.72. The number of para-hydroxylation sites is 4. The van der Waals surface area contributed by atoms with Gasteiger partial charge in [-0.2, -0.15) is 0 Å². The van der Waals surface area contributed by atoms with Crippen molar-refractivity contribution in [2.24, 2.45) is 0 Å². The minimum Gasteiger partial charge on any atom is -0.354 e. The Bertz CT molecular complexity index is 1720. The van der Waals surface area contributed by atoms with Gasteiger partial charge in [0.05, 0.1) is 22.1 Å². The van der Waals surface area contributed by atoms with E-state index in [-0.39, 0.29) is 0 Å². The topological polar surface area (TPSA) is 33.1 Å².